The van der Waals surface area contributed by atoms with Gasteiger partial charge in [0, 0.05) is 6.07 Å². The summed E-state index contributed by atoms with van der Waals surface area (Å²) in [5.41, 5.74) is 3.93. The van der Waals surface area contributed by atoms with Gasteiger partial charge in [0.25, 0.3) is 0 Å². The molecule has 0 aromatic heterocycles. The quantitative estimate of drug-likeness (QED) is 0.608. The second-order valence-electron chi connectivity index (χ2n) is 2.61. The largest absolute Gasteiger partial charge is 0.493 e. The third-order valence-corrected chi connectivity index (χ3v) is 1.58. The molecule has 1 amide bonds. The first-order chi connectivity index (χ1) is 7.93. The van der Waals surface area contributed by atoms with Crippen molar-refractivity contribution in [3.8, 4) is 11.5 Å². The molecule has 3 N–H and O–H groups in total. The van der Waals surface area contributed by atoms with Gasteiger partial charge in [0.2, 0.25) is 5.75 Å². The van der Waals surface area contributed by atoms with E-state index in [1.165, 1.54) is 20.3 Å². The second-order valence-corrected chi connectivity index (χ2v) is 2.61. The molecule has 8 heteroatoms. The monoisotopic (exact) mass is 244 g/mol. The van der Waals surface area contributed by atoms with E-state index < -0.39 is 11.0 Å². The normalized spacial score (nSPS) is 8.59. The Hall–Kier alpha value is -2.51. The first kappa shape index (κ1) is 14.5. The summed E-state index contributed by atoms with van der Waals surface area (Å²) < 4.78 is 9.76. The van der Waals surface area contributed by atoms with Gasteiger partial charge in [0.1, 0.15) is 0 Å². The molecule has 1 rings (SSSR count). The lowest BCUT2D eigenvalue weighted by Crippen LogP contribution is -2.03. The van der Waals surface area contributed by atoms with Crippen molar-refractivity contribution in [2.24, 2.45) is 5.73 Å². The van der Waals surface area contributed by atoms with Crippen molar-refractivity contribution in [2.75, 3.05) is 14.2 Å². The van der Waals surface area contributed by atoms with E-state index in [0.29, 0.717) is 5.75 Å². The van der Waals surface area contributed by atoms with Crippen molar-refractivity contribution in [2.45, 2.75) is 0 Å². The molecule has 0 radical (unpaired) electrons. The smallest absolute Gasteiger partial charge is 0.402 e. The molecule has 0 unspecified atom stereocenters. The number of benzene rings is 1. The van der Waals surface area contributed by atoms with E-state index in [9.17, 15) is 10.1 Å². The number of nitro groups is 1. The van der Waals surface area contributed by atoms with Crippen molar-refractivity contribution >= 4 is 11.8 Å². The Morgan fingerprint density at radius 1 is 1.41 bits per heavy atom. The molecule has 1 aromatic carbocycles. The molecule has 0 saturated carbocycles. The molecule has 0 fully saturated rings. The molecule has 8 nitrogen and oxygen atoms in total. The highest BCUT2D eigenvalue weighted by molar-refractivity contribution is 5.61. The topological polar surface area (TPSA) is 125 Å². The summed E-state index contributed by atoms with van der Waals surface area (Å²) in [6.45, 7) is 0. The molecule has 0 atom stereocenters. The molecule has 0 aliphatic heterocycles. The van der Waals surface area contributed by atoms with Crippen molar-refractivity contribution in [1.82, 2.24) is 0 Å². The minimum Gasteiger partial charge on any atom is -0.493 e. The highest BCUT2D eigenvalue weighted by Crippen LogP contribution is 2.35. The van der Waals surface area contributed by atoms with Crippen LogP contribution in [0.1, 0.15) is 0 Å². The van der Waals surface area contributed by atoms with E-state index in [1.807, 2.05) is 0 Å². The lowest BCUT2D eigenvalue weighted by molar-refractivity contribution is -0.385. The average Bonchev–Trinajstić information content (AvgIpc) is 2.26. The van der Waals surface area contributed by atoms with Gasteiger partial charge in [0.15, 0.2) is 5.75 Å². The lowest BCUT2D eigenvalue weighted by atomic mass is 10.3. The third kappa shape index (κ3) is 4.69. The van der Waals surface area contributed by atoms with Crippen molar-refractivity contribution < 1.29 is 24.3 Å². The van der Waals surface area contributed by atoms with Crippen LogP contribution in [0, 0.1) is 10.1 Å². The Labute approximate surface area is 96.7 Å². The van der Waals surface area contributed by atoms with Crippen LogP contribution in [-0.2, 0) is 0 Å². The molecular weight excluding hydrogens is 232 g/mol. The Morgan fingerprint density at radius 2 is 1.94 bits per heavy atom. The van der Waals surface area contributed by atoms with Gasteiger partial charge in [-0.3, -0.25) is 10.1 Å². The van der Waals surface area contributed by atoms with Crippen LogP contribution in [0.4, 0.5) is 10.5 Å². The number of rotatable bonds is 3. The van der Waals surface area contributed by atoms with Crippen molar-refractivity contribution in [3.05, 3.63) is 28.3 Å². The van der Waals surface area contributed by atoms with E-state index in [1.54, 1.807) is 12.1 Å². The first-order valence-electron chi connectivity index (χ1n) is 4.27. The standard InChI is InChI=1S/C8H9NO4.CH3NO2/c1-12-7-5-3-4-6(9(10)11)8(7)13-2;2-1(3)4/h3-5H,1-2H3;2H2,(H,3,4). The van der Waals surface area contributed by atoms with Gasteiger partial charge < -0.3 is 20.3 Å². The number of nitrogens with zero attached hydrogens (tertiary/aromatic N) is 1. The van der Waals surface area contributed by atoms with Crippen molar-refractivity contribution in [1.29, 1.82) is 0 Å². The molecule has 0 aliphatic carbocycles. The highest BCUT2D eigenvalue weighted by Gasteiger charge is 2.18. The van der Waals surface area contributed by atoms with Crippen LogP contribution in [0.25, 0.3) is 0 Å². The van der Waals surface area contributed by atoms with Gasteiger partial charge in [-0.1, -0.05) is 6.07 Å². The van der Waals surface area contributed by atoms with Crippen LogP contribution in [0.2, 0.25) is 0 Å². The summed E-state index contributed by atoms with van der Waals surface area (Å²) in [4.78, 5) is 18.8. The summed E-state index contributed by atoms with van der Waals surface area (Å²) in [5.74, 6) is 0.506. The summed E-state index contributed by atoms with van der Waals surface area (Å²) in [7, 11) is 2.80. The maximum absolute atomic E-state index is 10.5. The number of hydrogen-bond donors (Lipinski definition) is 2. The molecule has 0 aliphatic rings. The predicted molar refractivity (Wildman–Crippen MR) is 58.4 cm³/mol. The summed E-state index contributed by atoms with van der Waals surface area (Å²) in [6, 6.07) is 4.51. The number of hydrogen-bond acceptors (Lipinski definition) is 5. The number of ether oxygens (including phenoxy) is 2. The Bertz CT molecular complexity index is 402. The van der Waals surface area contributed by atoms with E-state index >= 15 is 0 Å². The van der Waals surface area contributed by atoms with Gasteiger partial charge >= 0.3 is 11.8 Å². The molecule has 0 spiro atoms. The maximum Gasteiger partial charge on any atom is 0.402 e. The van der Waals surface area contributed by atoms with E-state index in [2.05, 4.69) is 5.73 Å². The van der Waals surface area contributed by atoms with Crippen LogP contribution >= 0.6 is 0 Å². The van der Waals surface area contributed by atoms with Crippen molar-refractivity contribution in [3.63, 3.8) is 0 Å². The average molecular weight is 244 g/mol. The SMILES string of the molecule is COc1cccc([N+](=O)[O-])c1OC.NC(=O)O. The third-order valence-electron chi connectivity index (χ3n) is 1.58. The summed E-state index contributed by atoms with van der Waals surface area (Å²) in [5, 5.41) is 17.7. The molecule has 94 valence electrons. The number of primary amides is 1. The summed E-state index contributed by atoms with van der Waals surface area (Å²) in [6.07, 6.45) is -1.33. The van der Waals surface area contributed by atoms with E-state index in [0.717, 1.165) is 0 Å². The van der Waals surface area contributed by atoms with E-state index in [-0.39, 0.29) is 11.4 Å². The van der Waals surface area contributed by atoms with Crippen LogP contribution in [0.15, 0.2) is 18.2 Å². The molecular formula is C9H12N2O6. The number of carboxylic acid groups (broad SMARTS) is 1. The van der Waals surface area contributed by atoms with E-state index in [4.69, 9.17) is 19.4 Å². The lowest BCUT2D eigenvalue weighted by Gasteiger charge is -2.06. The zero-order valence-electron chi connectivity index (χ0n) is 9.25. The molecule has 1 aromatic rings. The minimum atomic E-state index is -1.33. The maximum atomic E-state index is 10.5. The number of para-hydroxylation sites is 1. The van der Waals surface area contributed by atoms with Gasteiger partial charge in [-0.2, -0.15) is 0 Å². The molecule has 0 bridgehead atoms. The molecule has 17 heavy (non-hydrogen) atoms. The Kier molecular flexibility index (Phi) is 5.86. The second kappa shape index (κ2) is 6.88. The molecule has 0 heterocycles. The zero-order chi connectivity index (χ0) is 13.4. The summed E-state index contributed by atoms with van der Waals surface area (Å²) >= 11 is 0. The van der Waals surface area contributed by atoms with Crippen LogP contribution in [0.5, 0.6) is 11.5 Å². The fraction of sp³-hybridized carbons (Fsp3) is 0.222. The Balaban J connectivity index is 0.000000557. The van der Waals surface area contributed by atoms with Gasteiger partial charge in [-0.05, 0) is 6.07 Å². The number of nitro benzene ring substituents is 1. The number of nitrogens with two attached hydrogens (primary N) is 1. The first-order valence-corrected chi connectivity index (χ1v) is 4.27. The fourth-order valence-corrected chi connectivity index (χ4v) is 1.01. The predicted octanol–water partition coefficient (Wildman–Crippen LogP) is 1.24. The zero-order valence-corrected chi connectivity index (χ0v) is 9.25. The Morgan fingerprint density at radius 3 is 2.29 bits per heavy atom. The number of amides is 1. The van der Waals surface area contributed by atoms with Gasteiger partial charge in [-0.15, -0.1) is 0 Å². The van der Waals surface area contributed by atoms with Crippen LogP contribution < -0.4 is 15.2 Å². The fourth-order valence-electron chi connectivity index (χ4n) is 1.01. The minimum absolute atomic E-state index is 0.0955. The number of methoxy groups -OCH3 is 2. The molecule has 0 saturated heterocycles. The van der Waals surface area contributed by atoms with Crippen LogP contribution in [0.3, 0.4) is 0 Å². The van der Waals surface area contributed by atoms with Gasteiger partial charge in [-0.25, -0.2) is 4.79 Å². The highest BCUT2D eigenvalue weighted by atomic mass is 16.6. The van der Waals surface area contributed by atoms with Crippen LogP contribution in [-0.4, -0.2) is 30.3 Å². The van der Waals surface area contributed by atoms with Gasteiger partial charge in [0.05, 0.1) is 19.1 Å². The number of carbonyl (C=O) groups is 1.